The van der Waals surface area contributed by atoms with E-state index in [1.807, 2.05) is 0 Å². The normalized spacial score (nSPS) is 9.71. The Bertz CT molecular complexity index is 693. The fourth-order valence-electron chi connectivity index (χ4n) is 1.16. The van der Waals surface area contributed by atoms with E-state index in [9.17, 15) is 19.7 Å². The second kappa shape index (κ2) is 7.65. The Balaban J connectivity index is 0.000000219. The van der Waals surface area contributed by atoms with Gasteiger partial charge in [0.05, 0.1) is 19.0 Å². The molecule has 5 nitrogen and oxygen atoms in total. The van der Waals surface area contributed by atoms with Crippen molar-refractivity contribution in [1.29, 1.82) is 0 Å². The molecule has 0 aliphatic carbocycles. The van der Waals surface area contributed by atoms with E-state index in [1.165, 1.54) is 31.3 Å². The van der Waals surface area contributed by atoms with Gasteiger partial charge in [-0.3, -0.25) is 19.7 Å². The summed E-state index contributed by atoms with van der Waals surface area (Å²) in [5, 5.41) is 10.3. The number of Topliss-reactive ketones (excluding diaryl/α,β-unsaturated/α-hetero) is 2. The van der Waals surface area contributed by atoms with Crippen LogP contribution in [-0.2, 0) is 0 Å². The van der Waals surface area contributed by atoms with Gasteiger partial charge in [-0.25, -0.2) is 0 Å². The number of hydrogen-bond acceptors (Lipinski definition) is 6. The van der Waals surface area contributed by atoms with E-state index < -0.39 is 4.92 Å². The molecule has 0 aliphatic heterocycles. The summed E-state index contributed by atoms with van der Waals surface area (Å²) in [6, 6.07) is 4.65. The summed E-state index contributed by atoms with van der Waals surface area (Å²) in [6.07, 6.45) is 0. The molecule has 2 aromatic heterocycles. The van der Waals surface area contributed by atoms with Crippen molar-refractivity contribution >= 4 is 63.1 Å². The third-order valence-electron chi connectivity index (χ3n) is 2.13. The summed E-state index contributed by atoms with van der Waals surface area (Å²) in [4.78, 5) is 32.1. The number of nitro groups is 1. The van der Waals surface area contributed by atoms with Crippen molar-refractivity contribution in [3.63, 3.8) is 0 Å². The first-order valence-electron chi connectivity index (χ1n) is 5.43. The van der Waals surface area contributed by atoms with Crippen molar-refractivity contribution in [3.05, 3.63) is 46.7 Å². The third-order valence-corrected chi connectivity index (χ3v) is 4.90. The van der Waals surface area contributed by atoms with Gasteiger partial charge in [0, 0.05) is 6.07 Å². The molecule has 0 fully saturated rings. The lowest BCUT2D eigenvalue weighted by molar-refractivity contribution is -0.384. The SMILES string of the molecule is CC(=O)c1cc([N+](=O)[O-])c(Cl)s1.CC(=O)c1ccc(Cl)s1. The molecule has 21 heavy (non-hydrogen) atoms. The number of rotatable bonds is 3. The summed E-state index contributed by atoms with van der Waals surface area (Å²) in [7, 11) is 0. The summed E-state index contributed by atoms with van der Waals surface area (Å²) in [5.41, 5.74) is -0.202. The van der Waals surface area contributed by atoms with Gasteiger partial charge in [0.25, 0.3) is 5.69 Å². The Morgan fingerprint density at radius 3 is 1.90 bits per heavy atom. The molecule has 2 aromatic rings. The van der Waals surface area contributed by atoms with E-state index in [2.05, 4.69) is 0 Å². The van der Waals surface area contributed by atoms with Gasteiger partial charge in [-0.1, -0.05) is 23.2 Å². The van der Waals surface area contributed by atoms with E-state index in [4.69, 9.17) is 23.2 Å². The van der Waals surface area contributed by atoms with Crippen molar-refractivity contribution in [2.75, 3.05) is 0 Å². The topological polar surface area (TPSA) is 77.3 Å². The Hall–Kier alpha value is -1.28. The Morgan fingerprint density at radius 1 is 1.10 bits per heavy atom. The Labute approximate surface area is 138 Å². The van der Waals surface area contributed by atoms with Gasteiger partial charge in [0.1, 0.15) is 0 Å². The molecule has 0 bridgehead atoms. The fourth-order valence-corrected chi connectivity index (χ4v) is 3.22. The Kier molecular flexibility index (Phi) is 6.47. The zero-order valence-corrected chi connectivity index (χ0v) is 14.0. The van der Waals surface area contributed by atoms with Crippen molar-refractivity contribution in [2.24, 2.45) is 0 Å². The largest absolute Gasteiger partial charge is 0.299 e. The van der Waals surface area contributed by atoms with E-state index in [-0.39, 0.29) is 21.6 Å². The minimum atomic E-state index is -0.606. The number of hydrogen-bond donors (Lipinski definition) is 0. The Morgan fingerprint density at radius 2 is 1.67 bits per heavy atom. The van der Waals surface area contributed by atoms with Gasteiger partial charge in [-0.2, -0.15) is 0 Å². The average molecular weight is 366 g/mol. The highest BCUT2D eigenvalue weighted by Crippen LogP contribution is 2.33. The third kappa shape index (κ3) is 5.20. The lowest BCUT2D eigenvalue weighted by Gasteiger charge is -1.82. The first-order valence-corrected chi connectivity index (χ1v) is 7.82. The fraction of sp³-hybridized carbons (Fsp3) is 0.167. The minimum absolute atomic E-state index is 0.0465. The number of halogens is 2. The van der Waals surface area contributed by atoms with Crippen LogP contribution in [0.25, 0.3) is 0 Å². The van der Waals surface area contributed by atoms with Gasteiger partial charge < -0.3 is 0 Å². The number of carbonyl (C=O) groups excluding carboxylic acids is 2. The molecular weight excluding hydrogens is 357 g/mol. The highest BCUT2D eigenvalue weighted by Gasteiger charge is 2.18. The molecule has 0 amide bonds. The molecule has 0 saturated heterocycles. The van der Waals surface area contributed by atoms with Gasteiger partial charge >= 0.3 is 0 Å². The lowest BCUT2D eigenvalue weighted by atomic mass is 10.3. The summed E-state index contributed by atoms with van der Waals surface area (Å²) in [6.45, 7) is 2.87. The molecule has 2 rings (SSSR count). The van der Waals surface area contributed by atoms with Gasteiger partial charge in [0.2, 0.25) is 0 Å². The van der Waals surface area contributed by atoms with Crippen LogP contribution in [0.4, 0.5) is 5.69 Å². The van der Waals surface area contributed by atoms with Crippen molar-refractivity contribution in [2.45, 2.75) is 13.8 Å². The molecule has 0 spiro atoms. The van der Waals surface area contributed by atoms with Gasteiger partial charge in [-0.15, -0.1) is 22.7 Å². The van der Waals surface area contributed by atoms with E-state index in [1.54, 1.807) is 12.1 Å². The highest BCUT2D eigenvalue weighted by atomic mass is 35.5. The van der Waals surface area contributed by atoms with E-state index in [0.717, 1.165) is 16.2 Å². The second-order valence-corrected chi connectivity index (χ2v) is 7.11. The maximum Gasteiger partial charge on any atom is 0.299 e. The average Bonchev–Trinajstić information content (AvgIpc) is 2.96. The molecule has 112 valence electrons. The van der Waals surface area contributed by atoms with Crippen LogP contribution < -0.4 is 0 Å². The number of thiophene rings is 2. The van der Waals surface area contributed by atoms with Crippen LogP contribution >= 0.6 is 45.9 Å². The van der Waals surface area contributed by atoms with Crippen molar-refractivity contribution in [1.82, 2.24) is 0 Å². The smallest absolute Gasteiger partial charge is 0.294 e. The van der Waals surface area contributed by atoms with Gasteiger partial charge in [0.15, 0.2) is 15.9 Å². The lowest BCUT2D eigenvalue weighted by Crippen LogP contribution is -1.87. The van der Waals surface area contributed by atoms with E-state index in [0.29, 0.717) is 9.21 Å². The predicted molar refractivity (Wildman–Crippen MR) is 85.3 cm³/mol. The monoisotopic (exact) mass is 365 g/mol. The molecular formula is C12H9Cl2NO4S2. The van der Waals surface area contributed by atoms with Gasteiger partial charge in [-0.05, 0) is 26.0 Å². The van der Waals surface area contributed by atoms with Crippen LogP contribution in [0.3, 0.4) is 0 Å². The summed E-state index contributed by atoms with van der Waals surface area (Å²) >= 11 is 13.3. The van der Waals surface area contributed by atoms with Crippen LogP contribution in [0.5, 0.6) is 0 Å². The molecule has 0 radical (unpaired) electrons. The number of carbonyl (C=O) groups is 2. The summed E-state index contributed by atoms with van der Waals surface area (Å²) < 4.78 is 0.713. The van der Waals surface area contributed by atoms with Crippen LogP contribution in [0.1, 0.15) is 33.2 Å². The predicted octanol–water partition coefficient (Wildman–Crippen LogP) is 5.12. The maximum atomic E-state index is 10.8. The highest BCUT2D eigenvalue weighted by molar-refractivity contribution is 7.18. The number of ketones is 2. The van der Waals surface area contributed by atoms with Crippen molar-refractivity contribution in [3.8, 4) is 0 Å². The standard InChI is InChI=1S/C6H4ClNO3S.C6H5ClOS/c1-3(9)5-2-4(8(10)11)6(7)12-5;1-4(8)5-2-3-6(7)9-5/h2H,1H3;2-3H,1H3. The second-order valence-electron chi connectivity index (χ2n) is 3.74. The van der Waals surface area contributed by atoms with Crippen LogP contribution in [0.2, 0.25) is 8.67 Å². The molecule has 0 saturated carbocycles. The molecule has 0 aromatic carbocycles. The molecule has 9 heteroatoms. The summed E-state index contributed by atoms with van der Waals surface area (Å²) in [5.74, 6) is -0.137. The van der Waals surface area contributed by atoms with Crippen molar-refractivity contribution < 1.29 is 14.5 Å². The van der Waals surface area contributed by atoms with Crippen LogP contribution in [0, 0.1) is 10.1 Å². The first kappa shape index (κ1) is 17.8. The zero-order chi connectivity index (χ0) is 16.2. The molecule has 0 N–H and O–H groups in total. The molecule has 2 heterocycles. The number of nitrogens with zero attached hydrogens (tertiary/aromatic N) is 1. The quantitative estimate of drug-likeness (QED) is 0.429. The first-order chi connectivity index (χ1) is 9.72. The molecule has 0 atom stereocenters. The van der Waals surface area contributed by atoms with E-state index >= 15 is 0 Å². The molecule has 0 aliphatic rings. The van der Waals surface area contributed by atoms with Crippen LogP contribution in [-0.4, -0.2) is 16.5 Å². The maximum absolute atomic E-state index is 10.8. The molecule has 0 unspecified atom stereocenters. The minimum Gasteiger partial charge on any atom is -0.294 e. The van der Waals surface area contributed by atoms with Crippen LogP contribution in [0.15, 0.2) is 18.2 Å². The zero-order valence-electron chi connectivity index (χ0n) is 10.9.